The lowest BCUT2D eigenvalue weighted by Gasteiger charge is -2.08. The van der Waals surface area contributed by atoms with Crippen molar-refractivity contribution in [2.45, 2.75) is 13.3 Å². The summed E-state index contributed by atoms with van der Waals surface area (Å²) in [6.45, 7) is 2.04. The highest BCUT2D eigenvalue weighted by atomic mass is 16.2. The number of Topliss-reactive ketones (excluding diaryl/α,β-unsaturated/α-hetero) is 1. The van der Waals surface area contributed by atoms with Gasteiger partial charge in [0.2, 0.25) is 0 Å². The molecule has 2 aromatic rings. The standard InChI is InChI=1S/C16H17N3O2/c1-12(20)14-4-6-15(7-5-14)19-16(21)18-10-8-13-3-2-9-17-11-13/h2-7,9,11H,8,10H2,1H3,(H2,18,19,21). The number of carbonyl (C=O) groups excluding carboxylic acids is 2. The number of aromatic nitrogens is 1. The van der Waals surface area contributed by atoms with E-state index in [2.05, 4.69) is 15.6 Å². The third-order valence-corrected chi connectivity index (χ3v) is 2.97. The second-order valence-electron chi connectivity index (χ2n) is 4.63. The van der Waals surface area contributed by atoms with Gasteiger partial charge in [-0.05, 0) is 49.2 Å². The van der Waals surface area contributed by atoms with Crippen molar-refractivity contribution in [3.63, 3.8) is 0 Å². The fraction of sp³-hybridized carbons (Fsp3) is 0.188. The first-order valence-corrected chi connectivity index (χ1v) is 6.70. The first kappa shape index (κ1) is 14.7. The zero-order chi connectivity index (χ0) is 15.1. The Bertz CT molecular complexity index is 609. The van der Waals surface area contributed by atoms with E-state index in [4.69, 9.17) is 0 Å². The first-order chi connectivity index (χ1) is 10.1. The van der Waals surface area contributed by atoms with Crippen LogP contribution < -0.4 is 10.6 Å². The van der Waals surface area contributed by atoms with Gasteiger partial charge in [-0.25, -0.2) is 4.79 Å². The fourth-order valence-electron chi connectivity index (χ4n) is 1.83. The molecular formula is C16H17N3O2. The maximum atomic E-state index is 11.7. The molecule has 0 atom stereocenters. The van der Waals surface area contributed by atoms with E-state index in [1.54, 1.807) is 36.7 Å². The molecule has 2 rings (SSSR count). The number of ketones is 1. The largest absolute Gasteiger partial charge is 0.338 e. The van der Waals surface area contributed by atoms with Crippen LogP contribution in [-0.2, 0) is 6.42 Å². The van der Waals surface area contributed by atoms with Gasteiger partial charge in [0.05, 0.1) is 0 Å². The Morgan fingerprint density at radius 3 is 2.52 bits per heavy atom. The molecule has 2 N–H and O–H groups in total. The summed E-state index contributed by atoms with van der Waals surface area (Å²) in [7, 11) is 0. The van der Waals surface area contributed by atoms with Crippen molar-refractivity contribution in [1.82, 2.24) is 10.3 Å². The summed E-state index contributed by atoms with van der Waals surface area (Å²) in [5.41, 5.74) is 2.35. The van der Waals surface area contributed by atoms with Crippen molar-refractivity contribution in [3.8, 4) is 0 Å². The summed E-state index contributed by atoms with van der Waals surface area (Å²) in [6, 6.07) is 10.4. The van der Waals surface area contributed by atoms with Crippen molar-refractivity contribution in [1.29, 1.82) is 0 Å². The predicted molar refractivity (Wildman–Crippen MR) is 81.4 cm³/mol. The summed E-state index contributed by atoms with van der Waals surface area (Å²) in [5.74, 6) is 0.00229. The maximum absolute atomic E-state index is 11.7. The Balaban J connectivity index is 1.78. The monoisotopic (exact) mass is 283 g/mol. The maximum Gasteiger partial charge on any atom is 0.319 e. The van der Waals surface area contributed by atoms with E-state index in [0.29, 0.717) is 17.8 Å². The van der Waals surface area contributed by atoms with Gasteiger partial charge in [-0.15, -0.1) is 0 Å². The van der Waals surface area contributed by atoms with E-state index in [1.807, 2.05) is 12.1 Å². The molecule has 108 valence electrons. The Kier molecular flexibility index (Phi) is 5.04. The minimum Gasteiger partial charge on any atom is -0.338 e. The normalized spacial score (nSPS) is 9.95. The van der Waals surface area contributed by atoms with Crippen LogP contribution in [0.3, 0.4) is 0 Å². The van der Waals surface area contributed by atoms with Crippen LogP contribution in [-0.4, -0.2) is 23.3 Å². The van der Waals surface area contributed by atoms with E-state index in [1.165, 1.54) is 6.92 Å². The van der Waals surface area contributed by atoms with Crippen molar-refractivity contribution >= 4 is 17.5 Å². The second kappa shape index (κ2) is 7.19. The molecule has 5 heteroatoms. The van der Waals surface area contributed by atoms with Crippen molar-refractivity contribution in [3.05, 3.63) is 59.9 Å². The highest BCUT2D eigenvalue weighted by Gasteiger charge is 2.03. The van der Waals surface area contributed by atoms with Gasteiger partial charge in [-0.1, -0.05) is 6.07 Å². The SMILES string of the molecule is CC(=O)c1ccc(NC(=O)NCCc2cccnc2)cc1. The van der Waals surface area contributed by atoms with Crippen LogP contribution in [0.4, 0.5) is 10.5 Å². The molecule has 0 spiro atoms. The predicted octanol–water partition coefficient (Wildman–Crippen LogP) is 2.65. The number of carbonyl (C=O) groups is 2. The van der Waals surface area contributed by atoms with Crippen LogP contribution in [0.25, 0.3) is 0 Å². The first-order valence-electron chi connectivity index (χ1n) is 6.70. The zero-order valence-corrected chi connectivity index (χ0v) is 11.8. The Hall–Kier alpha value is -2.69. The molecule has 1 aromatic carbocycles. The number of rotatable bonds is 5. The summed E-state index contributed by atoms with van der Waals surface area (Å²) < 4.78 is 0. The van der Waals surface area contributed by atoms with Crippen LogP contribution in [0.1, 0.15) is 22.8 Å². The van der Waals surface area contributed by atoms with Crippen LogP contribution in [0, 0.1) is 0 Å². The van der Waals surface area contributed by atoms with Crippen molar-refractivity contribution in [2.75, 3.05) is 11.9 Å². The molecule has 1 heterocycles. The summed E-state index contributed by atoms with van der Waals surface area (Å²) in [4.78, 5) is 26.9. The Morgan fingerprint density at radius 2 is 1.90 bits per heavy atom. The van der Waals surface area contributed by atoms with Gasteiger partial charge in [0.1, 0.15) is 0 Å². The molecule has 2 amide bonds. The molecule has 0 saturated heterocycles. The van der Waals surface area contributed by atoms with E-state index >= 15 is 0 Å². The highest BCUT2D eigenvalue weighted by molar-refractivity contribution is 5.95. The number of pyridine rings is 1. The van der Waals surface area contributed by atoms with Gasteiger partial charge in [0.25, 0.3) is 0 Å². The van der Waals surface area contributed by atoms with Crippen LogP contribution in [0.15, 0.2) is 48.8 Å². The lowest BCUT2D eigenvalue weighted by Crippen LogP contribution is -2.30. The number of hydrogen-bond donors (Lipinski definition) is 2. The Morgan fingerprint density at radius 1 is 1.14 bits per heavy atom. The molecule has 0 fully saturated rings. The molecule has 0 aliphatic heterocycles. The van der Waals surface area contributed by atoms with Gasteiger partial charge in [0.15, 0.2) is 5.78 Å². The zero-order valence-electron chi connectivity index (χ0n) is 11.8. The molecule has 0 aliphatic rings. The number of urea groups is 1. The van der Waals surface area contributed by atoms with Gasteiger partial charge in [-0.2, -0.15) is 0 Å². The lowest BCUT2D eigenvalue weighted by atomic mass is 10.1. The minimum absolute atomic E-state index is 0.00229. The molecule has 0 bridgehead atoms. The topological polar surface area (TPSA) is 71.1 Å². The number of nitrogens with one attached hydrogen (secondary N) is 2. The van der Waals surface area contributed by atoms with Crippen molar-refractivity contribution < 1.29 is 9.59 Å². The van der Waals surface area contributed by atoms with E-state index < -0.39 is 0 Å². The summed E-state index contributed by atoms with van der Waals surface area (Å²) in [5, 5.41) is 5.49. The van der Waals surface area contributed by atoms with E-state index in [0.717, 1.165) is 12.0 Å². The fourth-order valence-corrected chi connectivity index (χ4v) is 1.83. The third kappa shape index (κ3) is 4.72. The molecular weight excluding hydrogens is 266 g/mol. The Labute approximate surface area is 123 Å². The number of amides is 2. The smallest absolute Gasteiger partial charge is 0.319 e. The number of anilines is 1. The van der Waals surface area contributed by atoms with Gasteiger partial charge < -0.3 is 10.6 Å². The van der Waals surface area contributed by atoms with Crippen LogP contribution in [0.5, 0.6) is 0 Å². The molecule has 1 aromatic heterocycles. The average molecular weight is 283 g/mol. The van der Waals surface area contributed by atoms with Crippen LogP contribution >= 0.6 is 0 Å². The number of benzene rings is 1. The lowest BCUT2D eigenvalue weighted by molar-refractivity contribution is 0.101. The van der Waals surface area contributed by atoms with Gasteiger partial charge in [-0.3, -0.25) is 9.78 Å². The molecule has 0 unspecified atom stereocenters. The minimum atomic E-state index is -0.269. The van der Waals surface area contributed by atoms with Gasteiger partial charge >= 0.3 is 6.03 Å². The molecule has 0 radical (unpaired) electrons. The molecule has 21 heavy (non-hydrogen) atoms. The number of hydrogen-bond acceptors (Lipinski definition) is 3. The second-order valence-corrected chi connectivity index (χ2v) is 4.63. The summed E-state index contributed by atoms with van der Waals surface area (Å²) >= 11 is 0. The summed E-state index contributed by atoms with van der Waals surface area (Å²) in [6.07, 6.45) is 4.22. The highest BCUT2D eigenvalue weighted by Crippen LogP contribution is 2.09. The number of nitrogens with zero attached hydrogens (tertiary/aromatic N) is 1. The van der Waals surface area contributed by atoms with Crippen molar-refractivity contribution in [2.24, 2.45) is 0 Å². The molecule has 5 nitrogen and oxygen atoms in total. The molecule has 0 saturated carbocycles. The van der Waals surface area contributed by atoms with E-state index in [-0.39, 0.29) is 11.8 Å². The van der Waals surface area contributed by atoms with E-state index in [9.17, 15) is 9.59 Å². The van der Waals surface area contributed by atoms with Gasteiger partial charge in [0, 0.05) is 30.2 Å². The third-order valence-electron chi connectivity index (χ3n) is 2.97. The quantitative estimate of drug-likeness (QED) is 0.829. The average Bonchev–Trinajstić information content (AvgIpc) is 2.49. The van der Waals surface area contributed by atoms with Crippen LogP contribution in [0.2, 0.25) is 0 Å². The molecule has 0 aliphatic carbocycles.